The summed E-state index contributed by atoms with van der Waals surface area (Å²) < 4.78 is 0. The minimum absolute atomic E-state index is 0.0909. The summed E-state index contributed by atoms with van der Waals surface area (Å²) in [5, 5.41) is 18.2. The summed E-state index contributed by atoms with van der Waals surface area (Å²) in [6.45, 7) is 5.35. The van der Waals surface area contributed by atoms with E-state index in [0.29, 0.717) is 0 Å². The van der Waals surface area contributed by atoms with Crippen LogP contribution in [-0.4, -0.2) is 41.8 Å². The number of halogens is 1. The van der Waals surface area contributed by atoms with Gasteiger partial charge >= 0.3 is 0 Å². The average molecular weight is 359 g/mol. The number of nitro benzene ring substituents is 1. The van der Waals surface area contributed by atoms with Gasteiger partial charge in [0.25, 0.3) is 5.69 Å². The Morgan fingerprint density at radius 3 is 2.20 bits per heavy atom. The zero-order valence-electron chi connectivity index (χ0n) is 13.9. The first-order chi connectivity index (χ1) is 12.0. The Labute approximate surface area is 151 Å². The minimum atomic E-state index is -0.397. The lowest BCUT2D eigenvalue weighted by molar-refractivity contribution is -0.384. The number of hydrogen-bond donors (Lipinski definition) is 0. The van der Waals surface area contributed by atoms with Crippen molar-refractivity contribution in [1.29, 1.82) is 0 Å². The molecule has 130 valence electrons. The number of piperazine rings is 1. The molecule has 1 fully saturated rings. The molecule has 2 aromatic carbocycles. The molecule has 1 aliphatic heterocycles. The molecule has 0 bridgehead atoms. The topological polar surface area (TPSA) is 62.0 Å². The predicted molar refractivity (Wildman–Crippen MR) is 101 cm³/mol. The van der Waals surface area contributed by atoms with Crippen LogP contribution in [-0.2, 0) is 0 Å². The first kappa shape index (κ1) is 17.2. The molecule has 25 heavy (non-hydrogen) atoms. The fraction of sp³-hybridized carbons (Fsp3) is 0.278. The number of hydrazone groups is 1. The Kier molecular flexibility index (Phi) is 5.19. The molecule has 7 heteroatoms. The molecular formula is C18H19ClN4O2. The number of benzene rings is 2. The summed E-state index contributed by atoms with van der Waals surface area (Å²) in [5.41, 5.74) is 3.01. The van der Waals surface area contributed by atoms with Gasteiger partial charge in [-0.15, -0.1) is 0 Å². The number of hydrogen-bond acceptors (Lipinski definition) is 5. The van der Waals surface area contributed by atoms with Crippen molar-refractivity contribution in [3.8, 4) is 0 Å². The Morgan fingerprint density at radius 1 is 1.04 bits per heavy atom. The molecule has 0 saturated carbocycles. The number of rotatable bonds is 4. The summed E-state index contributed by atoms with van der Waals surface area (Å²) in [4.78, 5) is 12.6. The Bertz CT molecular complexity index is 767. The summed E-state index contributed by atoms with van der Waals surface area (Å²) >= 11 is 5.93. The van der Waals surface area contributed by atoms with Crippen LogP contribution in [0.15, 0.2) is 53.6 Å². The first-order valence-electron chi connectivity index (χ1n) is 8.08. The largest absolute Gasteiger partial charge is 0.368 e. The lowest BCUT2D eigenvalue weighted by Crippen LogP contribution is -2.44. The highest BCUT2D eigenvalue weighted by Gasteiger charge is 2.16. The number of anilines is 1. The van der Waals surface area contributed by atoms with Crippen LogP contribution in [0.5, 0.6) is 0 Å². The van der Waals surface area contributed by atoms with Crippen molar-refractivity contribution >= 4 is 28.7 Å². The normalized spacial score (nSPS) is 15.4. The molecule has 0 atom stereocenters. The van der Waals surface area contributed by atoms with Crippen molar-refractivity contribution in [2.45, 2.75) is 6.92 Å². The molecule has 0 amide bonds. The van der Waals surface area contributed by atoms with Crippen LogP contribution in [0.3, 0.4) is 0 Å². The van der Waals surface area contributed by atoms with Gasteiger partial charge in [0.2, 0.25) is 0 Å². The highest BCUT2D eigenvalue weighted by atomic mass is 35.5. The van der Waals surface area contributed by atoms with E-state index in [-0.39, 0.29) is 5.69 Å². The van der Waals surface area contributed by atoms with Gasteiger partial charge in [-0.1, -0.05) is 11.6 Å². The highest BCUT2D eigenvalue weighted by Crippen LogP contribution is 2.20. The van der Waals surface area contributed by atoms with Gasteiger partial charge in [0.1, 0.15) is 0 Å². The Morgan fingerprint density at radius 2 is 1.64 bits per heavy atom. The zero-order valence-corrected chi connectivity index (χ0v) is 14.7. The van der Waals surface area contributed by atoms with Gasteiger partial charge in [-0.2, -0.15) is 5.10 Å². The molecule has 1 saturated heterocycles. The maximum atomic E-state index is 10.7. The summed E-state index contributed by atoms with van der Waals surface area (Å²) in [6, 6.07) is 14.4. The van der Waals surface area contributed by atoms with Crippen molar-refractivity contribution in [3.05, 3.63) is 69.2 Å². The summed E-state index contributed by atoms with van der Waals surface area (Å²) in [5.74, 6) is 0. The quantitative estimate of drug-likeness (QED) is 0.474. The molecule has 1 aliphatic rings. The van der Waals surface area contributed by atoms with Crippen LogP contribution in [0.25, 0.3) is 0 Å². The maximum absolute atomic E-state index is 10.7. The average Bonchev–Trinajstić information content (AvgIpc) is 2.63. The van der Waals surface area contributed by atoms with Gasteiger partial charge in [0.15, 0.2) is 0 Å². The van der Waals surface area contributed by atoms with E-state index in [9.17, 15) is 10.1 Å². The van der Waals surface area contributed by atoms with Gasteiger partial charge in [0.05, 0.1) is 23.7 Å². The van der Waals surface area contributed by atoms with Crippen molar-refractivity contribution < 1.29 is 4.92 Å². The third-order valence-electron chi connectivity index (χ3n) is 4.24. The van der Waals surface area contributed by atoms with Crippen LogP contribution in [0, 0.1) is 10.1 Å². The van der Waals surface area contributed by atoms with Crippen LogP contribution in [0.2, 0.25) is 5.02 Å². The lowest BCUT2D eigenvalue weighted by Gasteiger charge is -2.35. The second-order valence-electron chi connectivity index (χ2n) is 5.91. The molecule has 0 spiro atoms. The standard InChI is InChI=1S/C18H19ClN4O2/c1-14(15-2-6-18(7-3-15)23(24)25)20-22-12-10-21(11-13-22)17-8-4-16(19)5-9-17/h2-9H,10-13H2,1H3. The first-order valence-corrected chi connectivity index (χ1v) is 8.46. The van der Waals surface area contributed by atoms with Gasteiger partial charge in [-0.05, 0) is 48.9 Å². The highest BCUT2D eigenvalue weighted by molar-refractivity contribution is 6.30. The zero-order chi connectivity index (χ0) is 17.8. The van der Waals surface area contributed by atoms with E-state index in [2.05, 4.69) is 10.0 Å². The number of nitro groups is 1. The smallest absolute Gasteiger partial charge is 0.269 e. The van der Waals surface area contributed by atoms with E-state index in [4.69, 9.17) is 11.6 Å². The van der Waals surface area contributed by atoms with E-state index in [0.717, 1.165) is 42.5 Å². The third-order valence-corrected chi connectivity index (χ3v) is 4.49. The second kappa shape index (κ2) is 7.53. The van der Waals surface area contributed by atoms with E-state index >= 15 is 0 Å². The van der Waals surface area contributed by atoms with Gasteiger partial charge in [-0.25, -0.2) is 0 Å². The molecule has 6 nitrogen and oxygen atoms in total. The Hall–Kier alpha value is -2.60. The SMILES string of the molecule is CC(=NN1CCN(c2ccc(Cl)cc2)CC1)c1ccc([N+](=O)[O-])cc1. The van der Waals surface area contributed by atoms with E-state index in [1.807, 2.05) is 36.2 Å². The van der Waals surface area contributed by atoms with Crippen LogP contribution >= 0.6 is 11.6 Å². The third kappa shape index (κ3) is 4.28. The van der Waals surface area contributed by atoms with Crippen molar-refractivity contribution in [2.24, 2.45) is 5.10 Å². The van der Waals surface area contributed by atoms with Crippen LogP contribution in [0.4, 0.5) is 11.4 Å². The maximum Gasteiger partial charge on any atom is 0.269 e. The van der Waals surface area contributed by atoms with Crippen molar-refractivity contribution in [3.63, 3.8) is 0 Å². The molecule has 0 N–H and O–H groups in total. The number of non-ortho nitro benzene ring substituents is 1. The molecule has 0 unspecified atom stereocenters. The molecular weight excluding hydrogens is 340 g/mol. The molecule has 1 heterocycles. The van der Waals surface area contributed by atoms with E-state index in [1.54, 1.807) is 12.1 Å². The fourth-order valence-corrected chi connectivity index (χ4v) is 2.93. The molecule has 0 aromatic heterocycles. The van der Waals surface area contributed by atoms with Gasteiger partial charge < -0.3 is 4.90 Å². The molecule has 0 radical (unpaired) electrons. The lowest BCUT2D eigenvalue weighted by atomic mass is 10.1. The monoisotopic (exact) mass is 358 g/mol. The van der Waals surface area contributed by atoms with Crippen LogP contribution in [0.1, 0.15) is 12.5 Å². The fourth-order valence-electron chi connectivity index (χ4n) is 2.80. The van der Waals surface area contributed by atoms with Crippen LogP contribution < -0.4 is 4.90 Å². The van der Waals surface area contributed by atoms with E-state index < -0.39 is 4.92 Å². The van der Waals surface area contributed by atoms with Gasteiger partial charge in [0, 0.05) is 35.9 Å². The summed E-state index contributed by atoms with van der Waals surface area (Å²) in [6.07, 6.45) is 0. The second-order valence-corrected chi connectivity index (χ2v) is 6.34. The van der Waals surface area contributed by atoms with Crippen molar-refractivity contribution in [2.75, 3.05) is 31.1 Å². The molecule has 3 rings (SSSR count). The number of nitrogens with zero attached hydrogens (tertiary/aromatic N) is 4. The predicted octanol–water partition coefficient (Wildman–Crippen LogP) is 3.79. The molecule has 2 aromatic rings. The van der Waals surface area contributed by atoms with Gasteiger partial charge in [-0.3, -0.25) is 15.1 Å². The Balaban J connectivity index is 1.61. The van der Waals surface area contributed by atoms with Crippen molar-refractivity contribution in [1.82, 2.24) is 5.01 Å². The minimum Gasteiger partial charge on any atom is -0.368 e. The summed E-state index contributed by atoms with van der Waals surface area (Å²) in [7, 11) is 0. The molecule has 0 aliphatic carbocycles. The van der Waals surface area contributed by atoms with E-state index in [1.165, 1.54) is 17.8 Å².